The Balaban J connectivity index is 2.07. The summed E-state index contributed by atoms with van der Waals surface area (Å²) < 4.78 is 5.54. The van der Waals surface area contributed by atoms with Gasteiger partial charge in [0.1, 0.15) is 5.75 Å². The number of hydrogen-bond donors (Lipinski definition) is 2. The van der Waals surface area contributed by atoms with Crippen LogP contribution in [0.15, 0.2) is 42.5 Å². The van der Waals surface area contributed by atoms with Gasteiger partial charge in [0.05, 0.1) is 22.9 Å². The number of unbranched alkanes of at least 4 members (excludes halogenated alkanes) is 1. The molecule has 0 unspecified atom stereocenters. The number of carboxylic acid groups (broad SMARTS) is 1. The Morgan fingerprint density at radius 3 is 2.42 bits per heavy atom. The zero-order valence-electron chi connectivity index (χ0n) is 13.2. The Bertz CT molecular complexity index is 728. The molecule has 2 aromatic rings. The summed E-state index contributed by atoms with van der Waals surface area (Å²) in [5.41, 5.74) is 0.730. The molecule has 2 aromatic carbocycles. The molecule has 0 aliphatic heterocycles. The molecule has 5 nitrogen and oxygen atoms in total. The Labute approximate surface area is 145 Å². The van der Waals surface area contributed by atoms with Crippen molar-refractivity contribution in [2.75, 3.05) is 11.9 Å². The van der Waals surface area contributed by atoms with Gasteiger partial charge in [-0.2, -0.15) is 0 Å². The predicted octanol–water partition coefficient (Wildman–Crippen LogP) is 4.47. The number of ether oxygens (including phenoxy) is 1. The fraction of sp³-hybridized carbons (Fsp3) is 0.222. The highest BCUT2D eigenvalue weighted by molar-refractivity contribution is 6.34. The molecule has 0 aliphatic carbocycles. The summed E-state index contributed by atoms with van der Waals surface area (Å²) in [6.45, 7) is 2.72. The van der Waals surface area contributed by atoms with Gasteiger partial charge < -0.3 is 15.2 Å². The zero-order valence-corrected chi connectivity index (χ0v) is 14.0. The van der Waals surface area contributed by atoms with Crippen molar-refractivity contribution in [2.24, 2.45) is 0 Å². The number of carboxylic acids is 1. The largest absolute Gasteiger partial charge is 0.494 e. The van der Waals surface area contributed by atoms with Gasteiger partial charge in [0.25, 0.3) is 5.91 Å². The average Bonchev–Trinajstić information content (AvgIpc) is 2.57. The van der Waals surface area contributed by atoms with Crippen molar-refractivity contribution in [1.29, 1.82) is 0 Å². The number of hydrogen-bond acceptors (Lipinski definition) is 3. The third-order valence-corrected chi connectivity index (χ3v) is 3.67. The van der Waals surface area contributed by atoms with Crippen LogP contribution in [-0.2, 0) is 0 Å². The summed E-state index contributed by atoms with van der Waals surface area (Å²) in [7, 11) is 0. The van der Waals surface area contributed by atoms with E-state index in [-0.39, 0.29) is 22.2 Å². The molecule has 0 bridgehead atoms. The van der Waals surface area contributed by atoms with E-state index < -0.39 is 5.97 Å². The Morgan fingerprint density at radius 1 is 1.12 bits per heavy atom. The average molecular weight is 348 g/mol. The fourth-order valence-electron chi connectivity index (χ4n) is 1.99. The van der Waals surface area contributed by atoms with Crippen LogP contribution in [0.4, 0.5) is 5.69 Å². The molecule has 0 saturated carbocycles. The first-order valence-corrected chi connectivity index (χ1v) is 7.96. The Kier molecular flexibility index (Phi) is 6.21. The van der Waals surface area contributed by atoms with E-state index in [9.17, 15) is 9.59 Å². The summed E-state index contributed by atoms with van der Waals surface area (Å²) in [5, 5.41) is 11.9. The number of amides is 1. The number of carbonyl (C=O) groups excluding carboxylic acids is 1. The number of anilines is 1. The van der Waals surface area contributed by atoms with Gasteiger partial charge in [-0.3, -0.25) is 4.79 Å². The maximum absolute atomic E-state index is 12.3. The number of rotatable bonds is 7. The molecule has 0 spiro atoms. The predicted molar refractivity (Wildman–Crippen MR) is 93.2 cm³/mol. The molecule has 0 atom stereocenters. The molecule has 0 aromatic heterocycles. The third-order valence-electron chi connectivity index (χ3n) is 3.34. The lowest BCUT2D eigenvalue weighted by Gasteiger charge is -2.09. The van der Waals surface area contributed by atoms with E-state index in [0.29, 0.717) is 17.9 Å². The Hall–Kier alpha value is -2.53. The molecular weight excluding hydrogens is 330 g/mol. The number of benzene rings is 2. The van der Waals surface area contributed by atoms with Crippen LogP contribution in [0.25, 0.3) is 0 Å². The molecule has 2 rings (SSSR count). The molecule has 0 saturated heterocycles. The summed E-state index contributed by atoms with van der Waals surface area (Å²) in [4.78, 5) is 23.3. The van der Waals surface area contributed by atoms with E-state index in [4.69, 9.17) is 21.4 Å². The smallest absolute Gasteiger partial charge is 0.335 e. The first-order valence-electron chi connectivity index (χ1n) is 7.58. The molecule has 126 valence electrons. The van der Waals surface area contributed by atoms with Crippen molar-refractivity contribution in [1.82, 2.24) is 0 Å². The zero-order chi connectivity index (χ0) is 17.5. The van der Waals surface area contributed by atoms with Crippen LogP contribution in [0.3, 0.4) is 0 Å². The van der Waals surface area contributed by atoms with Gasteiger partial charge in [-0.15, -0.1) is 0 Å². The van der Waals surface area contributed by atoms with Crippen LogP contribution in [0.1, 0.15) is 40.5 Å². The molecule has 6 heteroatoms. The van der Waals surface area contributed by atoms with E-state index in [1.165, 1.54) is 18.2 Å². The lowest BCUT2D eigenvalue weighted by molar-refractivity contribution is 0.0696. The van der Waals surface area contributed by atoms with E-state index in [2.05, 4.69) is 12.2 Å². The molecule has 24 heavy (non-hydrogen) atoms. The highest BCUT2D eigenvalue weighted by Crippen LogP contribution is 2.24. The van der Waals surface area contributed by atoms with E-state index in [1.54, 1.807) is 24.3 Å². The number of carbonyl (C=O) groups is 2. The third kappa shape index (κ3) is 4.73. The lowest BCUT2D eigenvalue weighted by Crippen LogP contribution is -2.13. The minimum absolute atomic E-state index is 0.0503. The van der Waals surface area contributed by atoms with Crippen LogP contribution in [0, 0.1) is 0 Å². The number of halogens is 1. The van der Waals surface area contributed by atoms with Crippen LogP contribution in [0.2, 0.25) is 5.02 Å². The van der Waals surface area contributed by atoms with Crippen molar-refractivity contribution < 1.29 is 19.4 Å². The van der Waals surface area contributed by atoms with Crippen LogP contribution in [0.5, 0.6) is 5.75 Å². The summed E-state index contributed by atoms with van der Waals surface area (Å²) in [5.74, 6) is -0.763. The summed E-state index contributed by atoms with van der Waals surface area (Å²) >= 11 is 6.00. The fourth-order valence-corrected chi connectivity index (χ4v) is 2.15. The topological polar surface area (TPSA) is 75.6 Å². The normalized spacial score (nSPS) is 10.2. The minimum atomic E-state index is -1.09. The quantitative estimate of drug-likeness (QED) is 0.724. The van der Waals surface area contributed by atoms with Gasteiger partial charge >= 0.3 is 5.97 Å². The van der Waals surface area contributed by atoms with Gasteiger partial charge in [0.2, 0.25) is 0 Å². The summed E-state index contributed by atoms with van der Waals surface area (Å²) in [6, 6.07) is 10.9. The van der Waals surface area contributed by atoms with Gasteiger partial charge in [0.15, 0.2) is 0 Å². The molecule has 2 N–H and O–H groups in total. The van der Waals surface area contributed by atoms with E-state index >= 15 is 0 Å². The highest BCUT2D eigenvalue weighted by Gasteiger charge is 2.11. The first kappa shape index (κ1) is 17.8. The SMILES string of the molecule is CCCCOc1ccc(C(=O)Nc2cc(C(=O)O)ccc2Cl)cc1. The Morgan fingerprint density at radius 2 is 1.79 bits per heavy atom. The van der Waals surface area contributed by atoms with Crippen molar-refractivity contribution in [2.45, 2.75) is 19.8 Å². The van der Waals surface area contributed by atoms with Crippen molar-refractivity contribution >= 4 is 29.2 Å². The van der Waals surface area contributed by atoms with Crippen molar-refractivity contribution in [3.8, 4) is 5.75 Å². The minimum Gasteiger partial charge on any atom is -0.494 e. The van der Waals surface area contributed by atoms with Crippen LogP contribution in [-0.4, -0.2) is 23.6 Å². The second-order valence-corrected chi connectivity index (χ2v) is 5.59. The van der Waals surface area contributed by atoms with E-state index in [1.807, 2.05) is 0 Å². The molecule has 0 heterocycles. The standard InChI is InChI=1S/C18H18ClNO4/c1-2-3-10-24-14-7-4-12(5-8-14)17(21)20-16-11-13(18(22)23)6-9-15(16)19/h4-9,11H,2-3,10H2,1H3,(H,20,21)(H,22,23). The van der Waals surface area contributed by atoms with Gasteiger partial charge in [0, 0.05) is 5.56 Å². The molecule has 0 aliphatic rings. The monoisotopic (exact) mass is 347 g/mol. The second kappa shape index (κ2) is 8.36. The molecule has 0 radical (unpaired) electrons. The number of aromatic carboxylic acids is 1. The lowest BCUT2D eigenvalue weighted by atomic mass is 10.1. The summed E-state index contributed by atoms with van der Waals surface area (Å²) in [6.07, 6.45) is 2.03. The van der Waals surface area contributed by atoms with Crippen molar-refractivity contribution in [3.05, 3.63) is 58.6 Å². The maximum atomic E-state index is 12.3. The first-order chi connectivity index (χ1) is 11.5. The van der Waals surface area contributed by atoms with Gasteiger partial charge in [-0.25, -0.2) is 4.79 Å². The maximum Gasteiger partial charge on any atom is 0.335 e. The van der Waals surface area contributed by atoms with Gasteiger partial charge in [-0.05, 0) is 48.9 Å². The number of nitrogens with one attached hydrogen (secondary N) is 1. The van der Waals surface area contributed by atoms with Gasteiger partial charge in [-0.1, -0.05) is 24.9 Å². The molecule has 0 fully saturated rings. The van der Waals surface area contributed by atoms with Crippen LogP contribution < -0.4 is 10.1 Å². The van der Waals surface area contributed by atoms with Crippen molar-refractivity contribution in [3.63, 3.8) is 0 Å². The second-order valence-electron chi connectivity index (χ2n) is 5.18. The molecular formula is C18H18ClNO4. The highest BCUT2D eigenvalue weighted by atomic mass is 35.5. The van der Waals surface area contributed by atoms with Crippen LogP contribution >= 0.6 is 11.6 Å². The molecule has 1 amide bonds. The van der Waals surface area contributed by atoms with E-state index in [0.717, 1.165) is 12.8 Å².